The average molecular weight is 285 g/mol. The summed E-state index contributed by atoms with van der Waals surface area (Å²) in [4.78, 5) is 26.4. The van der Waals surface area contributed by atoms with Crippen LogP contribution < -0.4 is 4.90 Å². The second-order valence-electron chi connectivity index (χ2n) is 4.22. The second-order valence-corrected chi connectivity index (χ2v) is 5.30. The molecule has 0 aromatic carbocycles. The fraction of sp³-hybridized carbons (Fsp3) is 0.538. The summed E-state index contributed by atoms with van der Waals surface area (Å²) in [6.07, 6.45) is 0. The number of rotatable bonds is 5. The van der Waals surface area contributed by atoms with Crippen LogP contribution in [0, 0.1) is 13.8 Å². The molecule has 0 spiro atoms. The highest BCUT2D eigenvalue weighted by Gasteiger charge is 2.30. The van der Waals surface area contributed by atoms with Crippen molar-refractivity contribution in [2.45, 2.75) is 26.8 Å². The van der Waals surface area contributed by atoms with Crippen molar-refractivity contribution >= 4 is 28.9 Å². The van der Waals surface area contributed by atoms with Gasteiger partial charge in [0.05, 0.1) is 12.8 Å². The van der Waals surface area contributed by atoms with Gasteiger partial charge in [-0.3, -0.25) is 9.69 Å². The number of carbonyl (C=O) groups excluding carboxylic acids is 2. The minimum absolute atomic E-state index is 0.0734. The van der Waals surface area contributed by atoms with Crippen LogP contribution in [-0.4, -0.2) is 38.7 Å². The number of thiophene rings is 1. The molecule has 1 amide bonds. The van der Waals surface area contributed by atoms with Gasteiger partial charge in [-0.25, -0.2) is 4.79 Å². The normalized spacial score (nSPS) is 12.1. The first-order chi connectivity index (χ1) is 8.93. The summed E-state index contributed by atoms with van der Waals surface area (Å²) in [6, 6.07) is -0.681. The number of esters is 1. The van der Waals surface area contributed by atoms with E-state index in [-0.39, 0.29) is 12.5 Å². The number of carbonyl (C=O) groups is 2. The molecule has 1 heterocycles. The number of hydrogen-bond acceptors (Lipinski definition) is 5. The minimum atomic E-state index is -0.681. The lowest BCUT2D eigenvalue weighted by Gasteiger charge is -2.28. The molecule has 0 aliphatic carbocycles. The Bertz CT molecular complexity index is 450. The zero-order valence-electron chi connectivity index (χ0n) is 11.9. The van der Waals surface area contributed by atoms with E-state index in [4.69, 9.17) is 9.47 Å². The molecule has 19 heavy (non-hydrogen) atoms. The first kappa shape index (κ1) is 15.7. The van der Waals surface area contributed by atoms with Gasteiger partial charge in [0, 0.05) is 12.0 Å². The highest BCUT2D eigenvalue weighted by molar-refractivity contribution is 7.10. The van der Waals surface area contributed by atoms with Crippen LogP contribution in [-0.2, 0) is 19.1 Å². The molecule has 106 valence electrons. The van der Waals surface area contributed by atoms with Crippen molar-refractivity contribution in [3.8, 4) is 0 Å². The predicted octanol–water partition coefficient (Wildman–Crippen LogP) is 1.91. The van der Waals surface area contributed by atoms with Crippen LogP contribution in [0.25, 0.3) is 0 Å². The lowest BCUT2D eigenvalue weighted by molar-refractivity contribution is -0.143. The molecule has 6 heteroatoms. The molecule has 0 aliphatic rings. The van der Waals surface area contributed by atoms with E-state index in [9.17, 15) is 9.59 Å². The van der Waals surface area contributed by atoms with E-state index in [1.54, 1.807) is 18.3 Å². The summed E-state index contributed by atoms with van der Waals surface area (Å²) in [5.74, 6) is -0.709. The Balaban J connectivity index is 3.20. The van der Waals surface area contributed by atoms with E-state index in [1.807, 2.05) is 19.2 Å². The van der Waals surface area contributed by atoms with Crippen LogP contribution in [0.5, 0.6) is 0 Å². The fourth-order valence-corrected chi connectivity index (χ4v) is 2.77. The van der Waals surface area contributed by atoms with E-state index >= 15 is 0 Å². The van der Waals surface area contributed by atoms with E-state index in [2.05, 4.69) is 0 Å². The number of hydrogen-bond donors (Lipinski definition) is 0. The van der Waals surface area contributed by atoms with E-state index in [0.29, 0.717) is 0 Å². The monoisotopic (exact) mass is 285 g/mol. The first-order valence-corrected chi connectivity index (χ1v) is 6.75. The number of ether oxygens (including phenoxy) is 2. The summed E-state index contributed by atoms with van der Waals surface area (Å²) in [5.41, 5.74) is 1.73. The molecule has 0 radical (unpaired) electrons. The third-order valence-corrected chi connectivity index (χ3v) is 3.84. The average Bonchev–Trinajstić information content (AvgIpc) is 2.70. The Labute approximate surface area is 117 Å². The summed E-state index contributed by atoms with van der Waals surface area (Å²) >= 11 is 1.54. The maximum atomic E-state index is 12.2. The topological polar surface area (TPSA) is 55.8 Å². The lowest BCUT2D eigenvalue weighted by atomic mass is 10.2. The zero-order chi connectivity index (χ0) is 14.6. The van der Waals surface area contributed by atoms with Crippen molar-refractivity contribution in [1.82, 2.24) is 0 Å². The smallest absolute Gasteiger partial charge is 0.328 e. The zero-order valence-corrected chi connectivity index (χ0v) is 12.7. The Morgan fingerprint density at radius 2 is 2.00 bits per heavy atom. The number of anilines is 1. The molecule has 1 atom stereocenters. The van der Waals surface area contributed by atoms with Gasteiger partial charge in [0.2, 0.25) is 0 Å². The van der Waals surface area contributed by atoms with Crippen LogP contribution in [0.3, 0.4) is 0 Å². The standard InChI is InChI=1S/C13H19NO4S/c1-8-7-19-10(3)12(8)14(11(15)6-17-4)9(2)13(16)18-5/h7,9H,6H2,1-5H3/t9-/m0/s1. The van der Waals surface area contributed by atoms with Gasteiger partial charge in [-0.15, -0.1) is 11.3 Å². The molecule has 1 aromatic rings. The highest BCUT2D eigenvalue weighted by Crippen LogP contribution is 2.32. The Morgan fingerprint density at radius 1 is 1.37 bits per heavy atom. The molecule has 0 N–H and O–H groups in total. The van der Waals surface area contributed by atoms with Crippen LogP contribution in [0.2, 0.25) is 0 Å². The van der Waals surface area contributed by atoms with Crippen molar-refractivity contribution < 1.29 is 19.1 Å². The molecule has 0 fully saturated rings. The van der Waals surface area contributed by atoms with Gasteiger partial charge in [0.1, 0.15) is 12.6 Å². The molecule has 0 unspecified atom stereocenters. The van der Waals surface area contributed by atoms with Crippen molar-refractivity contribution in [2.75, 3.05) is 25.7 Å². The third-order valence-electron chi connectivity index (χ3n) is 2.83. The van der Waals surface area contributed by atoms with E-state index < -0.39 is 12.0 Å². The number of amides is 1. The molecule has 5 nitrogen and oxygen atoms in total. The molecular formula is C13H19NO4S. The van der Waals surface area contributed by atoms with Gasteiger partial charge >= 0.3 is 5.97 Å². The van der Waals surface area contributed by atoms with Gasteiger partial charge in [0.25, 0.3) is 5.91 Å². The molecule has 0 saturated heterocycles. The van der Waals surface area contributed by atoms with Crippen LogP contribution >= 0.6 is 11.3 Å². The molecule has 0 aliphatic heterocycles. The Hall–Kier alpha value is -1.40. The van der Waals surface area contributed by atoms with E-state index in [0.717, 1.165) is 16.1 Å². The lowest BCUT2D eigenvalue weighted by Crippen LogP contribution is -2.46. The molecule has 1 rings (SSSR count). The second kappa shape index (κ2) is 6.68. The molecule has 0 saturated carbocycles. The van der Waals surface area contributed by atoms with Gasteiger partial charge in [0.15, 0.2) is 0 Å². The van der Waals surface area contributed by atoms with Crippen LogP contribution in [0.15, 0.2) is 5.38 Å². The number of aryl methyl sites for hydroxylation is 2. The maximum Gasteiger partial charge on any atom is 0.328 e. The van der Waals surface area contributed by atoms with E-state index in [1.165, 1.54) is 19.1 Å². The minimum Gasteiger partial charge on any atom is -0.467 e. The summed E-state index contributed by atoms with van der Waals surface area (Å²) in [6.45, 7) is 5.41. The Morgan fingerprint density at radius 3 is 2.42 bits per heavy atom. The largest absolute Gasteiger partial charge is 0.467 e. The van der Waals surface area contributed by atoms with Crippen molar-refractivity contribution in [1.29, 1.82) is 0 Å². The summed E-state index contributed by atoms with van der Waals surface area (Å²) in [7, 11) is 2.76. The predicted molar refractivity (Wildman–Crippen MR) is 74.6 cm³/mol. The maximum absolute atomic E-state index is 12.2. The SMILES string of the molecule is COCC(=O)N(c1c(C)csc1C)[C@@H](C)C(=O)OC. The van der Waals surface area contributed by atoms with Crippen LogP contribution in [0.1, 0.15) is 17.4 Å². The summed E-state index contributed by atoms with van der Waals surface area (Å²) in [5, 5.41) is 1.96. The third kappa shape index (κ3) is 3.33. The van der Waals surface area contributed by atoms with Crippen molar-refractivity contribution in [3.05, 3.63) is 15.8 Å². The summed E-state index contributed by atoms with van der Waals surface area (Å²) < 4.78 is 9.61. The first-order valence-electron chi connectivity index (χ1n) is 5.87. The number of methoxy groups -OCH3 is 2. The highest BCUT2D eigenvalue weighted by atomic mass is 32.1. The van der Waals surface area contributed by atoms with Crippen LogP contribution in [0.4, 0.5) is 5.69 Å². The molecule has 0 bridgehead atoms. The van der Waals surface area contributed by atoms with Gasteiger partial charge in [-0.1, -0.05) is 0 Å². The van der Waals surface area contributed by atoms with Crippen molar-refractivity contribution in [3.63, 3.8) is 0 Å². The fourth-order valence-electron chi connectivity index (χ4n) is 1.93. The number of nitrogens with zero attached hydrogens (tertiary/aromatic N) is 1. The van der Waals surface area contributed by atoms with Crippen molar-refractivity contribution in [2.24, 2.45) is 0 Å². The molecular weight excluding hydrogens is 266 g/mol. The Kier molecular flexibility index (Phi) is 5.50. The van der Waals surface area contributed by atoms with Gasteiger partial charge in [-0.2, -0.15) is 0 Å². The van der Waals surface area contributed by atoms with Gasteiger partial charge < -0.3 is 9.47 Å². The van der Waals surface area contributed by atoms with Gasteiger partial charge in [-0.05, 0) is 31.7 Å². The quantitative estimate of drug-likeness (QED) is 0.775. The molecule has 1 aromatic heterocycles.